The number of nitrogens with zero attached hydrogens (tertiary/aromatic N) is 4. The Balaban J connectivity index is 1.73. The van der Waals surface area contributed by atoms with Crippen molar-refractivity contribution in [1.82, 2.24) is 20.2 Å². The Hall–Kier alpha value is -3.75. The molecule has 0 bridgehead atoms. The van der Waals surface area contributed by atoms with E-state index in [0.29, 0.717) is 6.42 Å². The van der Waals surface area contributed by atoms with Crippen LogP contribution < -0.4 is 10.1 Å². The molecule has 0 saturated heterocycles. The lowest BCUT2D eigenvalue weighted by molar-refractivity contribution is -0.142. The molecule has 1 unspecified atom stereocenters. The SMILES string of the molecule is Cc1c(C(F)(F)F)nnc(Oc2ncc(C3(F)CCC3)nc2F)c1C(=O)Nc1cccc(S(C)(=N)=O)c1. The highest BCUT2D eigenvalue weighted by Gasteiger charge is 2.41. The van der Waals surface area contributed by atoms with E-state index in [4.69, 9.17) is 9.52 Å². The number of carbonyl (C=O) groups is 1. The Bertz CT molecular complexity index is 1490. The molecule has 0 spiro atoms. The van der Waals surface area contributed by atoms with E-state index >= 15 is 0 Å². The van der Waals surface area contributed by atoms with Crippen LogP contribution in [0.4, 0.5) is 27.6 Å². The second-order valence-corrected chi connectivity index (χ2v) is 10.6. The van der Waals surface area contributed by atoms with Crippen molar-refractivity contribution in [3.63, 3.8) is 0 Å². The molecule has 2 aromatic heterocycles. The molecule has 1 amide bonds. The summed E-state index contributed by atoms with van der Waals surface area (Å²) in [7, 11) is -3.16. The molecule has 2 heterocycles. The predicted molar refractivity (Wildman–Crippen MR) is 120 cm³/mol. The quantitative estimate of drug-likeness (QED) is 0.411. The van der Waals surface area contributed by atoms with E-state index in [1.165, 1.54) is 24.3 Å². The number of benzene rings is 1. The van der Waals surface area contributed by atoms with Crippen molar-refractivity contribution < 1.29 is 35.7 Å². The maximum atomic E-state index is 14.6. The first-order valence-electron chi connectivity index (χ1n) is 10.7. The topological polar surface area (TPSA) is 131 Å². The highest BCUT2D eigenvalue weighted by atomic mass is 32.2. The van der Waals surface area contributed by atoms with Gasteiger partial charge in [-0.15, -0.1) is 10.2 Å². The van der Waals surface area contributed by atoms with Gasteiger partial charge in [0.05, 0.1) is 21.6 Å². The van der Waals surface area contributed by atoms with Crippen LogP contribution in [-0.4, -0.2) is 36.5 Å². The number of amides is 1. The molecule has 1 aliphatic rings. The minimum Gasteiger partial charge on any atom is -0.414 e. The molecule has 1 aliphatic carbocycles. The first-order valence-corrected chi connectivity index (χ1v) is 12.7. The van der Waals surface area contributed by atoms with Crippen LogP contribution in [0.15, 0.2) is 35.4 Å². The molecular formula is C22H19F5N6O3S. The Morgan fingerprint density at radius 2 is 1.92 bits per heavy atom. The van der Waals surface area contributed by atoms with Crippen molar-refractivity contribution in [3.05, 3.63) is 58.9 Å². The molecule has 196 valence electrons. The van der Waals surface area contributed by atoms with Gasteiger partial charge in [-0.05, 0) is 49.9 Å². The van der Waals surface area contributed by atoms with Gasteiger partial charge in [0, 0.05) is 16.8 Å². The average Bonchev–Trinajstić information content (AvgIpc) is 2.77. The van der Waals surface area contributed by atoms with Crippen LogP contribution in [0, 0.1) is 17.7 Å². The number of aromatic nitrogens is 4. The summed E-state index contributed by atoms with van der Waals surface area (Å²) in [4.78, 5) is 20.3. The largest absolute Gasteiger partial charge is 0.435 e. The standard InChI is InChI=1S/C22H19F5N6O3S/c1-11-15(18(34)30-12-5-3-6-13(9-12)37(2,28)35)19(33-32-16(11)22(25,26)27)36-20-17(23)31-14(10-29-20)21(24)7-4-8-21/h3,5-6,9-10,28H,4,7-8H2,1-2H3,(H,30,34). The molecule has 9 nitrogen and oxygen atoms in total. The summed E-state index contributed by atoms with van der Waals surface area (Å²) in [6.07, 6.45) is -2.00. The van der Waals surface area contributed by atoms with Crippen LogP contribution in [-0.2, 0) is 21.6 Å². The molecule has 1 fully saturated rings. The summed E-state index contributed by atoms with van der Waals surface area (Å²) in [6, 6.07) is 5.36. The lowest BCUT2D eigenvalue weighted by Crippen LogP contribution is -2.30. The minimum atomic E-state index is -4.98. The van der Waals surface area contributed by atoms with Gasteiger partial charge in [-0.25, -0.2) is 23.3 Å². The van der Waals surface area contributed by atoms with Crippen LogP contribution in [0.25, 0.3) is 0 Å². The molecule has 1 saturated carbocycles. The maximum Gasteiger partial charge on any atom is 0.435 e. The summed E-state index contributed by atoms with van der Waals surface area (Å²) in [5.41, 5.74) is -4.94. The van der Waals surface area contributed by atoms with E-state index in [1.807, 2.05) is 0 Å². The Morgan fingerprint density at radius 3 is 2.49 bits per heavy atom. The van der Waals surface area contributed by atoms with Crippen molar-refractivity contribution >= 4 is 21.3 Å². The third kappa shape index (κ3) is 5.35. The Labute approximate surface area is 207 Å². The van der Waals surface area contributed by atoms with E-state index in [2.05, 4.69) is 25.5 Å². The molecule has 1 aromatic carbocycles. The van der Waals surface area contributed by atoms with Crippen LogP contribution in [0.3, 0.4) is 0 Å². The van der Waals surface area contributed by atoms with E-state index < -0.39 is 62.0 Å². The second kappa shape index (κ2) is 9.28. The van der Waals surface area contributed by atoms with Gasteiger partial charge >= 0.3 is 6.18 Å². The van der Waals surface area contributed by atoms with E-state index in [0.717, 1.165) is 19.4 Å². The zero-order chi connectivity index (χ0) is 27.2. The second-order valence-electron chi connectivity index (χ2n) is 8.45. The van der Waals surface area contributed by atoms with Gasteiger partial charge in [0.15, 0.2) is 11.4 Å². The highest BCUT2D eigenvalue weighted by molar-refractivity contribution is 7.91. The number of hydrogen-bond donors (Lipinski definition) is 2. The van der Waals surface area contributed by atoms with Crippen LogP contribution in [0.5, 0.6) is 11.8 Å². The van der Waals surface area contributed by atoms with Crippen molar-refractivity contribution in [2.45, 2.75) is 42.9 Å². The number of carbonyl (C=O) groups excluding carboxylic acids is 1. The van der Waals surface area contributed by atoms with Gasteiger partial charge in [0.25, 0.3) is 23.6 Å². The van der Waals surface area contributed by atoms with Crippen LogP contribution in [0.1, 0.15) is 46.6 Å². The summed E-state index contributed by atoms with van der Waals surface area (Å²) >= 11 is 0. The molecule has 1 atom stereocenters. The Kier molecular flexibility index (Phi) is 6.60. The van der Waals surface area contributed by atoms with Crippen molar-refractivity contribution in [2.24, 2.45) is 0 Å². The fourth-order valence-corrected chi connectivity index (χ4v) is 4.28. The minimum absolute atomic E-state index is 0.0177. The number of hydrogen-bond acceptors (Lipinski definition) is 8. The first kappa shape index (κ1) is 26.3. The number of rotatable bonds is 6. The van der Waals surface area contributed by atoms with Gasteiger partial charge in [-0.2, -0.15) is 17.6 Å². The number of nitrogens with one attached hydrogen (secondary N) is 2. The van der Waals surface area contributed by atoms with Crippen molar-refractivity contribution in [3.8, 4) is 11.8 Å². The molecule has 0 radical (unpaired) electrons. The van der Waals surface area contributed by atoms with E-state index in [1.54, 1.807) is 0 Å². The van der Waals surface area contributed by atoms with Gasteiger partial charge in [-0.3, -0.25) is 4.79 Å². The number of anilines is 1. The van der Waals surface area contributed by atoms with E-state index in [9.17, 15) is 31.0 Å². The fraction of sp³-hybridized carbons (Fsp3) is 0.318. The number of halogens is 5. The van der Waals surface area contributed by atoms with Gasteiger partial charge in [0.1, 0.15) is 5.56 Å². The summed E-state index contributed by atoms with van der Waals surface area (Å²) < 4.78 is 94.5. The zero-order valence-electron chi connectivity index (χ0n) is 19.3. The monoisotopic (exact) mass is 542 g/mol. The van der Waals surface area contributed by atoms with Gasteiger partial charge < -0.3 is 10.1 Å². The smallest absolute Gasteiger partial charge is 0.414 e. The average molecular weight is 542 g/mol. The Morgan fingerprint density at radius 1 is 1.22 bits per heavy atom. The molecule has 3 aromatic rings. The summed E-state index contributed by atoms with van der Waals surface area (Å²) in [5.74, 6) is -4.15. The van der Waals surface area contributed by atoms with Gasteiger partial charge in [-0.1, -0.05) is 6.07 Å². The normalized spacial score (nSPS) is 16.4. The lowest BCUT2D eigenvalue weighted by Gasteiger charge is -2.32. The molecule has 15 heteroatoms. The molecule has 37 heavy (non-hydrogen) atoms. The summed E-state index contributed by atoms with van der Waals surface area (Å²) in [6.45, 7) is 0.951. The predicted octanol–water partition coefficient (Wildman–Crippen LogP) is 5.16. The number of alkyl halides is 4. The van der Waals surface area contributed by atoms with Crippen LogP contribution >= 0.6 is 0 Å². The third-order valence-corrected chi connectivity index (χ3v) is 6.87. The number of ether oxygens (including phenoxy) is 1. The van der Waals surface area contributed by atoms with Crippen LogP contribution in [0.2, 0.25) is 0 Å². The maximum absolute atomic E-state index is 14.6. The molecule has 0 aliphatic heterocycles. The molecule has 2 N–H and O–H groups in total. The molecule has 4 rings (SSSR count). The highest BCUT2D eigenvalue weighted by Crippen LogP contribution is 2.44. The summed E-state index contributed by atoms with van der Waals surface area (Å²) in [5, 5.41) is 8.73. The lowest BCUT2D eigenvalue weighted by atomic mass is 9.80. The third-order valence-electron chi connectivity index (χ3n) is 5.72. The zero-order valence-corrected chi connectivity index (χ0v) is 20.1. The van der Waals surface area contributed by atoms with Gasteiger partial charge in [0.2, 0.25) is 0 Å². The first-order chi connectivity index (χ1) is 17.2. The van der Waals surface area contributed by atoms with Crippen molar-refractivity contribution in [1.29, 1.82) is 4.78 Å². The molecular weight excluding hydrogens is 523 g/mol. The van der Waals surface area contributed by atoms with Crippen molar-refractivity contribution in [2.75, 3.05) is 11.6 Å². The van der Waals surface area contributed by atoms with E-state index in [-0.39, 0.29) is 29.1 Å². The fourth-order valence-electron chi connectivity index (χ4n) is 3.59.